The van der Waals surface area contributed by atoms with Gasteiger partial charge in [0.2, 0.25) is 0 Å². The van der Waals surface area contributed by atoms with Crippen LogP contribution in [0.25, 0.3) is 11.1 Å². The van der Waals surface area contributed by atoms with Crippen LogP contribution in [-0.2, 0) is 0 Å². The van der Waals surface area contributed by atoms with E-state index in [0.717, 1.165) is 12.2 Å². The van der Waals surface area contributed by atoms with Crippen LogP contribution in [0, 0.1) is 6.92 Å². The fourth-order valence-corrected chi connectivity index (χ4v) is 3.56. The van der Waals surface area contributed by atoms with Gasteiger partial charge in [0, 0.05) is 13.1 Å². The van der Waals surface area contributed by atoms with Crippen LogP contribution in [0.2, 0.25) is 0 Å². The molecule has 3 heteroatoms. The summed E-state index contributed by atoms with van der Waals surface area (Å²) in [5, 5.41) is 11.9. The van der Waals surface area contributed by atoms with Gasteiger partial charge in [0.1, 0.15) is 12.4 Å². The highest BCUT2D eigenvalue weighted by Crippen LogP contribution is 2.35. The molecule has 0 aromatic heterocycles. The molecule has 0 saturated heterocycles. The highest BCUT2D eigenvalue weighted by Gasteiger charge is 2.13. The standard InChI is InChI=1S/C27H31NO2/c1-3-26(22-7-5-4-6-8-22)27(23-11-9-21(2)10-12-23)24-13-15-25(16-14-24)30-20-18-28-17-19-29/h4-16,28-29H,3,17-20H2,1-2H3/b27-26-. The monoisotopic (exact) mass is 401 g/mol. The van der Waals surface area contributed by atoms with Crippen LogP contribution in [0.3, 0.4) is 0 Å². The maximum absolute atomic E-state index is 8.81. The first-order chi connectivity index (χ1) is 14.7. The molecule has 0 atom stereocenters. The summed E-state index contributed by atoms with van der Waals surface area (Å²) in [5.41, 5.74) is 7.52. The highest BCUT2D eigenvalue weighted by molar-refractivity contribution is 5.98. The van der Waals surface area contributed by atoms with Crippen LogP contribution in [0.15, 0.2) is 78.9 Å². The molecule has 0 aliphatic rings. The van der Waals surface area contributed by atoms with Gasteiger partial charge in [0.15, 0.2) is 0 Å². The summed E-state index contributed by atoms with van der Waals surface area (Å²) in [5.74, 6) is 0.852. The zero-order chi connectivity index (χ0) is 21.2. The van der Waals surface area contributed by atoms with Crippen molar-refractivity contribution in [2.24, 2.45) is 0 Å². The Morgan fingerprint density at radius 3 is 2.03 bits per heavy atom. The maximum Gasteiger partial charge on any atom is 0.119 e. The largest absolute Gasteiger partial charge is 0.492 e. The third-order valence-corrected chi connectivity index (χ3v) is 5.10. The molecule has 0 aliphatic heterocycles. The molecule has 0 saturated carbocycles. The van der Waals surface area contributed by atoms with E-state index in [1.165, 1.54) is 33.4 Å². The smallest absolute Gasteiger partial charge is 0.119 e. The Bertz CT molecular complexity index is 929. The topological polar surface area (TPSA) is 41.5 Å². The van der Waals surface area contributed by atoms with Crippen molar-refractivity contribution in [1.82, 2.24) is 5.32 Å². The third kappa shape index (κ3) is 5.82. The predicted octanol–water partition coefficient (Wildman–Crippen LogP) is 5.32. The summed E-state index contributed by atoms with van der Waals surface area (Å²) in [7, 11) is 0. The molecule has 0 bridgehead atoms. The number of benzene rings is 3. The van der Waals surface area contributed by atoms with Gasteiger partial charge in [-0.15, -0.1) is 0 Å². The van der Waals surface area contributed by atoms with E-state index in [4.69, 9.17) is 9.84 Å². The van der Waals surface area contributed by atoms with Crippen molar-refractivity contribution in [3.63, 3.8) is 0 Å². The van der Waals surface area contributed by atoms with Gasteiger partial charge in [0.05, 0.1) is 6.61 Å². The van der Waals surface area contributed by atoms with E-state index in [0.29, 0.717) is 19.7 Å². The van der Waals surface area contributed by atoms with Gasteiger partial charge in [-0.2, -0.15) is 0 Å². The van der Waals surface area contributed by atoms with E-state index in [1.807, 2.05) is 12.1 Å². The summed E-state index contributed by atoms with van der Waals surface area (Å²) < 4.78 is 5.82. The van der Waals surface area contributed by atoms with Crippen molar-refractivity contribution in [1.29, 1.82) is 0 Å². The average molecular weight is 402 g/mol. The number of allylic oxidation sites excluding steroid dienone is 1. The third-order valence-electron chi connectivity index (χ3n) is 5.10. The molecule has 0 amide bonds. The number of rotatable bonds is 10. The molecule has 0 spiro atoms. The van der Waals surface area contributed by atoms with Crippen LogP contribution in [0.5, 0.6) is 5.75 Å². The van der Waals surface area contributed by atoms with Crippen LogP contribution in [0.4, 0.5) is 0 Å². The quantitative estimate of drug-likeness (QED) is 0.357. The molecule has 3 rings (SSSR count). The molecule has 0 heterocycles. The molecule has 3 aromatic carbocycles. The second-order valence-corrected chi connectivity index (χ2v) is 7.29. The fraction of sp³-hybridized carbons (Fsp3) is 0.259. The molecular weight excluding hydrogens is 370 g/mol. The van der Waals surface area contributed by atoms with Gasteiger partial charge in [-0.25, -0.2) is 0 Å². The van der Waals surface area contributed by atoms with E-state index in [-0.39, 0.29) is 6.61 Å². The lowest BCUT2D eigenvalue weighted by Crippen LogP contribution is -2.23. The molecule has 3 aromatic rings. The molecule has 2 N–H and O–H groups in total. The number of aliphatic hydroxyl groups is 1. The van der Waals surface area contributed by atoms with Gasteiger partial charge < -0.3 is 15.2 Å². The first-order valence-corrected chi connectivity index (χ1v) is 10.6. The molecule has 30 heavy (non-hydrogen) atoms. The molecule has 0 fully saturated rings. The minimum atomic E-state index is 0.143. The highest BCUT2D eigenvalue weighted by atomic mass is 16.5. The van der Waals surface area contributed by atoms with Crippen molar-refractivity contribution in [2.75, 3.05) is 26.3 Å². The normalized spacial score (nSPS) is 11.8. The lowest BCUT2D eigenvalue weighted by Gasteiger charge is -2.17. The second-order valence-electron chi connectivity index (χ2n) is 7.29. The van der Waals surface area contributed by atoms with Crippen LogP contribution < -0.4 is 10.1 Å². The number of nitrogens with one attached hydrogen (secondary N) is 1. The molecule has 3 nitrogen and oxygen atoms in total. The van der Waals surface area contributed by atoms with Crippen LogP contribution in [-0.4, -0.2) is 31.4 Å². The first kappa shape index (κ1) is 21.8. The number of ether oxygens (including phenoxy) is 1. The lowest BCUT2D eigenvalue weighted by molar-refractivity contribution is 0.276. The Labute approximate surface area is 180 Å². The second kappa shape index (κ2) is 11.3. The SMILES string of the molecule is CC/C(=C(\c1ccc(C)cc1)c1ccc(OCCNCCO)cc1)c1ccccc1. The Morgan fingerprint density at radius 1 is 0.800 bits per heavy atom. The molecule has 156 valence electrons. The zero-order valence-corrected chi connectivity index (χ0v) is 17.9. The summed E-state index contributed by atoms with van der Waals surface area (Å²) in [6.45, 7) is 6.35. The van der Waals surface area contributed by atoms with E-state index >= 15 is 0 Å². The molecule has 0 radical (unpaired) electrons. The van der Waals surface area contributed by atoms with E-state index < -0.39 is 0 Å². The summed E-state index contributed by atoms with van der Waals surface area (Å²) in [6.07, 6.45) is 0.946. The predicted molar refractivity (Wildman–Crippen MR) is 126 cm³/mol. The Morgan fingerprint density at radius 2 is 1.43 bits per heavy atom. The molecule has 0 aliphatic carbocycles. The summed E-state index contributed by atoms with van der Waals surface area (Å²) >= 11 is 0. The van der Waals surface area contributed by atoms with Crippen molar-refractivity contribution in [3.05, 3.63) is 101 Å². The number of hydrogen-bond donors (Lipinski definition) is 2. The zero-order valence-electron chi connectivity index (χ0n) is 17.9. The van der Waals surface area contributed by atoms with Crippen molar-refractivity contribution < 1.29 is 9.84 Å². The van der Waals surface area contributed by atoms with Crippen LogP contribution in [0.1, 0.15) is 35.6 Å². The average Bonchev–Trinajstić information content (AvgIpc) is 2.79. The van der Waals surface area contributed by atoms with E-state index in [2.05, 4.69) is 85.9 Å². The maximum atomic E-state index is 8.81. The summed E-state index contributed by atoms with van der Waals surface area (Å²) in [4.78, 5) is 0. The van der Waals surface area contributed by atoms with Crippen LogP contribution >= 0.6 is 0 Å². The van der Waals surface area contributed by atoms with E-state index in [1.54, 1.807) is 0 Å². The number of hydrogen-bond acceptors (Lipinski definition) is 3. The first-order valence-electron chi connectivity index (χ1n) is 10.6. The Kier molecular flexibility index (Phi) is 8.25. The molecule has 0 unspecified atom stereocenters. The van der Waals surface area contributed by atoms with Gasteiger partial charge in [-0.05, 0) is 53.3 Å². The van der Waals surface area contributed by atoms with Crippen molar-refractivity contribution in [3.8, 4) is 5.75 Å². The number of aliphatic hydroxyl groups excluding tert-OH is 1. The van der Waals surface area contributed by atoms with Crippen molar-refractivity contribution >= 4 is 11.1 Å². The lowest BCUT2D eigenvalue weighted by atomic mass is 9.88. The van der Waals surface area contributed by atoms with Gasteiger partial charge in [-0.1, -0.05) is 79.2 Å². The minimum Gasteiger partial charge on any atom is -0.492 e. The Hall–Kier alpha value is -2.88. The van der Waals surface area contributed by atoms with Gasteiger partial charge >= 0.3 is 0 Å². The van der Waals surface area contributed by atoms with Gasteiger partial charge in [0.25, 0.3) is 0 Å². The van der Waals surface area contributed by atoms with Gasteiger partial charge in [-0.3, -0.25) is 0 Å². The summed E-state index contributed by atoms with van der Waals surface area (Å²) in [6, 6.07) is 27.7. The number of aryl methyl sites for hydroxylation is 1. The minimum absolute atomic E-state index is 0.143. The van der Waals surface area contributed by atoms with E-state index in [9.17, 15) is 0 Å². The van der Waals surface area contributed by atoms with Crippen molar-refractivity contribution in [2.45, 2.75) is 20.3 Å². The fourth-order valence-electron chi connectivity index (χ4n) is 3.56. The Balaban J connectivity index is 1.93. The molecular formula is C27H31NO2.